The van der Waals surface area contributed by atoms with Crippen molar-refractivity contribution in [2.24, 2.45) is 5.92 Å². The van der Waals surface area contributed by atoms with E-state index in [0.29, 0.717) is 32.0 Å². The van der Waals surface area contributed by atoms with Crippen molar-refractivity contribution >= 4 is 11.9 Å². The van der Waals surface area contributed by atoms with Crippen LogP contribution in [-0.4, -0.2) is 25.2 Å². The Bertz CT molecular complexity index is 328. The third-order valence-electron chi connectivity index (χ3n) is 4.45. The predicted octanol–water partition coefficient (Wildman–Crippen LogP) is 5.82. The van der Waals surface area contributed by atoms with E-state index in [-0.39, 0.29) is 11.9 Å². The SMILES string of the molecule is CCOC(=O)CCCCCCCCCCCC[C@@H](C)CC(=O)OCC. The molecule has 0 heterocycles. The lowest BCUT2D eigenvalue weighted by atomic mass is 9.99. The van der Waals surface area contributed by atoms with E-state index in [2.05, 4.69) is 6.92 Å². The molecule has 1 atom stereocenters. The summed E-state index contributed by atoms with van der Waals surface area (Å²) in [4.78, 5) is 22.6. The second-order valence-electron chi connectivity index (χ2n) is 6.99. The summed E-state index contributed by atoms with van der Waals surface area (Å²) < 4.78 is 9.90. The van der Waals surface area contributed by atoms with Gasteiger partial charge in [-0.15, -0.1) is 0 Å². The number of esters is 2. The molecule has 4 nitrogen and oxygen atoms in total. The van der Waals surface area contributed by atoms with Gasteiger partial charge < -0.3 is 9.47 Å². The van der Waals surface area contributed by atoms with Gasteiger partial charge in [-0.25, -0.2) is 0 Å². The highest BCUT2D eigenvalue weighted by molar-refractivity contribution is 5.69. The topological polar surface area (TPSA) is 52.6 Å². The van der Waals surface area contributed by atoms with Gasteiger partial charge in [0.1, 0.15) is 0 Å². The molecule has 0 radical (unpaired) electrons. The van der Waals surface area contributed by atoms with Gasteiger partial charge in [0.05, 0.1) is 13.2 Å². The van der Waals surface area contributed by atoms with Crippen molar-refractivity contribution < 1.29 is 19.1 Å². The first-order valence-electron chi connectivity index (χ1n) is 10.4. The fourth-order valence-corrected chi connectivity index (χ4v) is 3.02. The average molecular weight is 357 g/mol. The zero-order valence-corrected chi connectivity index (χ0v) is 16.8. The van der Waals surface area contributed by atoms with Crippen molar-refractivity contribution in [3.05, 3.63) is 0 Å². The molecule has 0 aromatic rings. The van der Waals surface area contributed by atoms with Crippen LogP contribution in [0.1, 0.15) is 104 Å². The second-order valence-corrected chi connectivity index (χ2v) is 6.99. The monoisotopic (exact) mass is 356 g/mol. The Morgan fingerprint density at radius 1 is 0.680 bits per heavy atom. The van der Waals surface area contributed by atoms with Crippen LogP contribution in [0, 0.1) is 5.92 Å². The van der Waals surface area contributed by atoms with Gasteiger partial charge in [0.15, 0.2) is 0 Å². The molecule has 0 spiro atoms. The van der Waals surface area contributed by atoms with E-state index < -0.39 is 0 Å². The molecule has 0 aliphatic heterocycles. The molecule has 0 unspecified atom stereocenters. The van der Waals surface area contributed by atoms with Crippen molar-refractivity contribution in [1.29, 1.82) is 0 Å². The Morgan fingerprint density at radius 3 is 1.64 bits per heavy atom. The molecule has 0 aliphatic carbocycles. The Hall–Kier alpha value is -1.06. The van der Waals surface area contributed by atoms with E-state index in [0.717, 1.165) is 19.3 Å². The van der Waals surface area contributed by atoms with Crippen LogP contribution >= 0.6 is 0 Å². The number of carbonyl (C=O) groups excluding carboxylic acids is 2. The maximum absolute atomic E-state index is 11.4. The molecule has 0 amide bonds. The quantitative estimate of drug-likeness (QED) is 0.243. The van der Waals surface area contributed by atoms with Gasteiger partial charge in [0.25, 0.3) is 0 Å². The van der Waals surface area contributed by atoms with Gasteiger partial charge >= 0.3 is 11.9 Å². The van der Waals surface area contributed by atoms with Crippen molar-refractivity contribution in [2.45, 2.75) is 104 Å². The van der Waals surface area contributed by atoms with E-state index in [1.54, 1.807) is 0 Å². The minimum atomic E-state index is -0.0581. The van der Waals surface area contributed by atoms with Crippen LogP contribution in [0.3, 0.4) is 0 Å². The first kappa shape index (κ1) is 23.9. The van der Waals surface area contributed by atoms with Crippen molar-refractivity contribution in [3.63, 3.8) is 0 Å². The molecular formula is C21H40O4. The highest BCUT2D eigenvalue weighted by Gasteiger charge is 2.09. The summed E-state index contributed by atoms with van der Waals surface area (Å²) in [5.74, 6) is 0.324. The van der Waals surface area contributed by atoms with Crippen LogP contribution in [0.2, 0.25) is 0 Å². The standard InChI is InChI=1S/C21H40O4/c1-4-24-20(22)17-15-13-11-9-7-6-8-10-12-14-16-19(3)18-21(23)25-5-2/h19H,4-18H2,1-3H3/t19-/m1/s1. The maximum Gasteiger partial charge on any atom is 0.306 e. The van der Waals surface area contributed by atoms with Gasteiger partial charge in [-0.05, 0) is 26.2 Å². The van der Waals surface area contributed by atoms with Crippen LogP contribution in [0.5, 0.6) is 0 Å². The normalized spacial score (nSPS) is 12.0. The number of ether oxygens (including phenoxy) is 2. The van der Waals surface area contributed by atoms with Gasteiger partial charge in [-0.3, -0.25) is 9.59 Å². The summed E-state index contributed by atoms with van der Waals surface area (Å²) in [6, 6.07) is 0. The summed E-state index contributed by atoms with van der Waals surface area (Å²) in [6.07, 6.45) is 14.6. The summed E-state index contributed by atoms with van der Waals surface area (Å²) in [5.41, 5.74) is 0. The molecule has 0 aromatic heterocycles. The second kappa shape index (κ2) is 17.8. The van der Waals surface area contributed by atoms with Crippen LogP contribution in [0.4, 0.5) is 0 Å². The van der Waals surface area contributed by atoms with Crippen molar-refractivity contribution in [1.82, 2.24) is 0 Å². The van der Waals surface area contributed by atoms with E-state index in [1.165, 1.54) is 51.4 Å². The number of carbonyl (C=O) groups is 2. The number of hydrogen-bond donors (Lipinski definition) is 0. The van der Waals surface area contributed by atoms with Gasteiger partial charge in [0, 0.05) is 12.8 Å². The molecule has 0 N–H and O–H groups in total. The highest BCUT2D eigenvalue weighted by atomic mass is 16.5. The third-order valence-corrected chi connectivity index (χ3v) is 4.45. The van der Waals surface area contributed by atoms with Crippen LogP contribution in [0.25, 0.3) is 0 Å². The molecule has 0 bridgehead atoms. The Labute approximate surface area is 155 Å². The van der Waals surface area contributed by atoms with Crippen LogP contribution in [-0.2, 0) is 19.1 Å². The number of rotatable bonds is 17. The molecule has 0 saturated carbocycles. The Morgan fingerprint density at radius 2 is 1.12 bits per heavy atom. The van der Waals surface area contributed by atoms with Gasteiger partial charge in [-0.2, -0.15) is 0 Å². The first-order valence-corrected chi connectivity index (χ1v) is 10.4. The molecule has 0 aromatic carbocycles. The molecular weight excluding hydrogens is 316 g/mol. The van der Waals surface area contributed by atoms with Crippen LogP contribution in [0.15, 0.2) is 0 Å². The zero-order valence-electron chi connectivity index (χ0n) is 16.8. The first-order chi connectivity index (χ1) is 12.1. The molecule has 0 aliphatic rings. The van der Waals surface area contributed by atoms with E-state index in [1.807, 2.05) is 13.8 Å². The third kappa shape index (κ3) is 17.6. The number of hydrogen-bond acceptors (Lipinski definition) is 4. The summed E-state index contributed by atoms with van der Waals surface area (Å²) in [5, 5.41) is 0. The molecule has 0 rings (SSSR count). The minimum absolute atomic E-state index is 0.0564. The lowest BCUT2D eigenvalue weighted by molar-refractivity contribution is -0.144. The smallest absolute Gasteiger partial charge is 0.306 e. The van der Waals surface area contributed by atoms with E-state index in [9.17, 15) is 9.59 Å². The summed E-state index contributed by atoms with van der Waals surface area (Å²) >= 11 is 0. The summed E-state index contributed by atoms with van der Waals surface area (Å²) in [7, 11) is 0. The molecule has 0 saturated heterocycles. The lowest BCUT2D eigenvalue weighted by Crippen LogP contribution is -2.09. The van der Waals surface area contributed by atoms with E-state index >= 15 is 0 Å². The summed E-state index contributed by atoms with van der Waals surface area (Å²) in [6.45, 7) is 6.81. The van der Waals surface area contributed by atoms with Crippen molar-refractivity contribution in [3.8, 4) is 0 Å². The minimum Gasteiger partial charge on any atom is -0.466 e. The zero-order chi connectivity index (χ0) is 18.8. The largest absolute Gasteiger partial charge is 0.466 e. The Balaban J connectivity index is 3.23. The van der Waals surface area contributed by atoms with E-state index in [4.69, 9.17) is 9.47 Å². The lowest BCUT2D eigenvalue weighted by Gasteiger charge is -2.10. The fourth-order valence-electron chi connectivity index (χ4n) is 3.02. The van der Waals surface area contributed by atoms with Crippen molar-refractivity contribution in [2.75, 3.05) is 13.2 Å². The number of unbranched alkanes of at least 4 members (excludes halogenated alkanes) is 9. The van der Waals surface area contributed by atoms with Gasteiger partial charge in [0.2, 0.25) is 0 Å². The average Bonchev–Trinajstić information content (AvgIpc) is 2.56. The van der Waals surface area contributed by atoms with Crippen LogP contribution < -0.4 is 0 Å². The molecule has 4 heteroatoms. The molecule has 0 fully saturated rings. The maximum atomic E-state index is 11.4. The fraction of sp³-hybridized carbons (Fsp3) is 0.905. The Kier molecular flexibility index (Phi) is 17.0. The molecule has 25 heavy (non-hydrogen) atoms. The predicted molar refractivity (Wildman–Crippen MR) is 102 cm³/mol. The van der Waals surface area contributed by atoms with Gasteiger partial charge in [-0.1, -0.05) is 71.1 Å². The molecule has 148 valence electrons. The highest BCUT2D eigenvalue weighted by Crippen LogP contribution is 2.16.